The molecule has 4 nitrogen and oxygen atoms in total. The fourth-order valence-corrected chi connectivity index (χ4v) is 2.30. The van der Waals surface area contributed by atoms with Crippen molar-refractivity contribution < 1.29 is 14.2 Å². The molecule has 1 fully saturated rings. The van der Waals surface area contributed by atoms with Crippen LogP contribution in [0, 0.1) is 5.41 Å². The second-order valence-corrected chi connectivity index (χ2v) is 5.19. The molecule has 1 unspecified atom stereocenters. The van der Waals surface area contributed by atoms with Crippen LogP contribution in [0.5, 0.6) is 0 Å². The van der Waals surface area contributed by atoms with E-state index in [2.05, 4.69) is 12.2 Å². The van der Waals surface area contributed by atoms with E-state index in [-0.39, 0.29) is 0 Å². The van der Waals surface area contributed by atoms with Crippen LogP contribution in [0.4, 0.5) is 0 Å². The van der Waals surface area contributed by atoms with Crippen molar-refractivity contribution in [3.05, 3.63) is 0 Å². The number of rotatable bonds is 11. The minimum atomic E-state index is 0.302. The van der Waals surface area contributed by atoms with Crippen LogP contribution in [0.3, 0.4) is 0 Å². The average molecular weight is 259 g/mol. The summed E-state index contributed by atoms with van der Waals surface area (Å²) in [5.74, 6) is 0. The molecule has 4 heteroatoms. The Balaban J connectivity index is 2.13. The minimum absolute atomic E-state index is 0.302. The van der Waals surface area contributed by atoms with Gasteiger partial charge < -0.3 is 19.5 Å². The van der Waals surface area contributed by atoms with Gasteiger partial charge in [-0.1, -0.05) is 6.92 Å². The Kier molecular flexibility index (Phi) is 8.59. The molecule has 0 radical (unpaired) electrons. The zero-order chi connectivity index (χ0) is 13.1. The molecule has 108 valence electrons. The first-order valence-electron chi connectivity index (χ1n) is 7.18. The van der Waals surface area contributed by atoms with Gasteiger partial charge in [0.15, 0.2) is 0 Å². The molecule has 1 saturated heterocycles. The van der Waals surface area contributed by atoms with E-state index in [1.165, 1.54) is 6.42 Å². The Hall–Kier alpha value is -0.160. The lowest BCUT2D eigenvalue weighted by molar-refractivity contribution is 0.0679. The molecule has 0 aromatic carbocycles. The molecule has 1 heterocycles. The predicted octanol–water partition coefficient (Wildman–Crippen LogP) is 1.84. The normalized spacial score (nSPS) is 23.7. The molecular formula is C14H29NO3. The Morgan fingerprint density at radius 2 is 2.17 bits per heavy atom. The first kappa shape index (κ1) is 15.9. The van der Waals surface area contributed by atoms with Crippen LogP contribution in [0.25, 0.3) is 0 Å². The third-order valence-electron chi connectivity index (χ3n) is 3.53. The SMILES string of the molecule is CCCNCC1(CCOCCCOC)CCOC1. The molecule has 0 aromatic heterocycles. The highest BCUT2D eigenvalue weighted by Crippen LogP contribution is 2.31. The van der Waals surface area contributed by atoms with Crippen LogP contribution in [0.15, 0.2) is 0 Å². The van der Waals surface area contributed by atoms with Crippen molar-refractivity contribution >= 4 is 0 Å². The van der Waals surface area contributed by atoms with Gasteiger partial charge in [0.1, 0.15) is 0 Å². The van der Waals surface area contributed by atoms with Crippen molar-refractivity contribution in [2.24, 2.45) is 5.41 Å². The molecule has 0 saturated carbocycles. The smallest absolute Gasteiger partial charge is 0.0536 e. The van der Waals surface area contributed by atoms with E-state index < -0.39 is 0 Å². The number of hydrogen-bond donors (Lipinski definition) is 1. The average Bonchev–Trinajstić information content (AvgIpc) is 2.83. The van der Waals surface area contributed by atoms with Gasteiger partial charge >= 0.3 is 0 Å². The lowest BCUT2D eigenvalue weighted by Gasteiger charge is -2.27. The standard InChI is InChI=1S/C14H29NO3/c1-3-7-15-12-14(6-11-18-13-14)5-10-17-9-4-8-16-2/h15H,3-13H2,1-2H3. The number of hydrogen-bond acceptors (Lipinski definition) is 4. The van der Waals surface area contributed by atoms with Crippen LogP contribution < -0.4 is 5.32 Å². The van der Waals surface area contributed by atoms with Gasteiger partial charge in [-0.05, 0) is 32.2 Å². The van der Waals surface area contributed by atoms with Crippen LogP contribution in [-0.2, 0) is 14.2 Å². The van der Waals surface area contributed by atoms with E-state index >= 15 is 0 Å². The molecule has 0 aromatic rings. The third-order valence-corrected chi connectivity index (χ3v) is 3.53. The minimum Gasteiger partial charge on any atom is -0.385 e. The molecule has 1 rings (SSSR count). The van der Waals surface area contributed by atoms with Crippen molar-refractivity contribution in [2.75, 3.05) is 53.2 Å². The summed E-state index contributed by atoms with van der Waals surface area (Å²) in [6, 6.07) is 0. The largest absolute Gasteiger partial charge is 0.385 e. The summed E-state index contributed by atoms with van der Waals surface area (Å²) in [6.07, 6.45) is 4.42. The second-order valence-electron chi connectivity index (χ2n) is 5.19. The first-order chi connectivity index (χ1) is 8.83. The summed E-state index contributed by atoms with van der Waals surface area (Å²) in [5, 5.41) is 3.52. The second kappa shape index (κ2) is 9.73. The summed E-state index contributed by atoms with van der Waals surface area (Å²) in [4.78, 5) is 0. The van der Waals surface area contributed by atoms with Gasteiger partial charge in [-0.15, -0.1) is 0 Å². The summed E-state index contributed by atoms with van der Waals surface area (Å²) in [7, 11) is 1.73. The van der Waals surface area contributed by atoms with Crippen LogP contribution >= 0.6 is 0 Å². The van der Waals surface area contributed by atoms with Gasteiger partial charge in [0.2, 0.25) is 0 Å². The van der Waals surface area contributed by atoms with Gasteiger partial charge in [0.05, 0.1) is 6.61 Å². The molecule has 1 atom stereocenters. The van der Waals surface area contributed by atoms with Crippen LogP contribution in [0.2, 0.25) is 0 Å². The highest BCUT2D eigenvalue weighted by Gasteiger charge is 2.34. The van der Waals surface area contributed by atoms with Gasteiger partial charge in [0.25, 0.3) is 0 Å². The molecule has 0 spiro atoms. The zero-order valence-corrected chi connectivity index (χ0v) is 12.0. The van der Waals surface area contributed by atoms with Crippen molar-refractivity contribution in [3.63, 3.8) is 0 Å². The molecular weight excluding hydrogens is 230 g/mol. The summed E-state index contributed by atoms with van der Waals surface area (Å²) in [5.41, 5.74) is 0.302. The topological polar surface area (TPSA) is 39.7 Å². The Morgan fingerprint density at radius 3 is 2.83 bits per heavy atom. The highest BCUT2D eigenvalue weighted by molar-refractivity contribution is 4.85. The molecule has 0 aliphatic carbocycles. The maximum Gasteiger partial charge on any atom is 0.0536 e. The maximum absolute atomic E-state index is 5.67. The van der Waals surface area contributed by atoms with Gasteiger partial charge in [-0.3, -0.25) is 0 Å². The zero-order valence-electron chi connectivity index (χ0n) is 12.0. The van der Waals surface area contributed by atoms with E-state index in [0.717, 1.165) is 65.4 Å². The highest BCUT2D eigenvalue weighted by atomic mass is 16.5. The van der Waals surface area contributed by atoms with E-state index in [9.17, 15) is 0 Å². The Bertz CT molecular complexity index is 193. The van der Waals surface area contributed by atoms with Gasteiger partial charge in [-0.25, -0.2) is 0 Å². The van der Waals surface area contributed by atoms with Crippen molar-refractivity contribution in [2.45, 2.75) is 32.6 Å². The van der Waals surface area contributed by atoms with Gasteiger partial charge in [0, 0.05) is 45.5 Å². The Labute approximate surface area is 111 Å². The molecule has 1 aliphatic rings. The molecule has 18 heavy (non-hydrogen) atoms. The summed E-state index contributed by atoms with van der Waals surface area (Å²) < 4.78 is 16.2. The number of methoxy groups -OCH3 is 1. The number of ether oxygens (including phenoxy) is 3. The van der Waals surface area contributed by atoms with E-state index in [0.29, 0.717) is 5.41 Å². The van der Waals surface area contributed by atoms with E-state index in [4.69, 9.17) is 14.2 Å². The fourth-order valence-electron chi connectivity index (χ4n) is 2.30. The lowest BCUT2D eigenvalue weighted by Crippen LogP contribution is -2.36. The van der Waals surface area contributed by atoms with Crippen LogP contribution in [-0.4, -0.2) is 53.2 Å². The Morgan fingerprint density at radius 1 is 1.28 bits per heavy atom. The quantitative estimate of drug-likeness (QED) is 0.575. The van der Waals surface area contributed by atoms with Crippen molar-refractivity contribution in [3.8, 4) is 0 Å². The third kappa shape index (κ3) is 6.14. The summed E-state index contributed by atoms with van der Waals surface area (Å²) in [6.45, 7) is 8.55. The molecule has 1 N–H and O–H groups in total. The van der Waals surface area contributed by atoms with Crippen molar-refractivity contribution in [1.29, 1.82) is 0 Å². The lowest BCUT2D eigenvalue weighted by atomic mass is 9.84. The molecule has 0 amide bonds. The summed E-state index contributed by atoms with van der Waals surface area (Å²) >= 11 is 0. The molecule has 1 aliphatic heterocycles. The molecule has 0 bridgehead atoms. The van der Waals surface area contributed by atoms with Crippen LogP contribution in [0.1, 0.15) is 32.6 Å². The monoisotopic (exact) mass is 259 g/mol. The first-order valence-corrected chi connectivity index (χ1v) is 7.18. The predicted molar refractivity (Wildman–Crippen MR) is 73.0 cm³/mol. The van der Waals surface area contributed by atoms with Crippen molar-refractivity contribution in [1.82, 2.24) is 5.32 Å². The number of nitrogens with one attached hydrogen (secondary N) is 1. The van der Waals surface area contributed by atoms with E-state index in [1.54, 1.807) is 7.11 Å². The van der Waals surface area contributed by atoms with E-state index in [1.807, 2.05) is 0 Å². The maximum atomic E-state index is 5.67. The fraction of sp³-hybridized carbons (Fsp3) is 1.00. The van der Waals surface area contributed by atoms with Gasteiger partial charge in [-0.2, -0.15) is 0 Å².